The van der Waals surface area contributed by atoms with Gasteiger partial charge in [-0.2, -0.15) is 5.10 Å². The highest BCUT2D eigenvalue weighted by molar-refractivity contribution is 6.33. The second-order valence-electron chi connectivity index (χ2n) is 9.31. The number of carbonyl (C=O) groups excluding carboxylic acids is 2. The van der Waals surface area contributed by atoms with E-state index < -0.39 is 0 Å². The SMILES string of the molecule is CNC(=O)C1CCC(NC(=O)Nc2cc(-c3cnn4c3CC(C)(C)C4)c(Cl)cn2)CC1. The highest BCUT2D eigenvalue weighted by Crippen LogP contribution is 2.39. The van der Waals surface area contributed by atoms with Gasteiger partial charge < -0.3 is 10.6 Å². The molecule has 0 unspecified atom stereocenters. The Morgan fingerprint density at radius 3 is 2.61 bits per heavy atom. The van der Waals surface area contributed by atoms with Gasteiger partial charge in [-0.25, -0.2) is 9.78 Å². The molecule has 31 heavy (non-hydrogen) atoms. The zero-order chi connectivity index (χ0) is 22.2. The summed E-state index contributed by atoms with van der Waals surface area (Å²) < 4.78 is 2.03. The average Bonchev–Trinajstić information content (AvgIpc) is 3.24. The molecule has 1 aliphatic carbocycles. The van der Waals surface area contributed by atoms with Gasteiger partial charge in [0, 0.05) is 48.6 Å². The van der Waals surface area contributed by atoms with Crippen LogP contribution in [0.4, 0.5) is 10.6 Å². The molecule has 9 heteroatoms. The second-order valence-corrected chi connectivity index (χ2v) is 9.72. The van der Waals surface area contributed by atoms with Crippen molar-refractivity contribution in [2.75, 3.05) is 12.4 Å². The molecule has 1 saturated carbocycles. The van der Waals surface area contributed by atoms with Crippen LogP contribution in [0.2, 0.25) is 5.02 Å². The fourth-order valence-corrected chi connectivity index (χ4v) is 4.83. The Morgan fingerprint density at radius 2 is 1.90 bits per heavy atom. The van der Waals surface area contributed by atoms with Crippen LogP contribution in [0.15, 0.2) is 18.5 Å². The van der Waals surface area contributed by atoms with Gasteiger partial charge in [0.2, 0.25) is 5.91 Å². The lowest BCUT2D eigenvalue weighted by Gasteiger charge is -2.28. The number of nitrogens with zero attached hydrogens (tertiary/aromatic N) is 3. The van der Waals surface area contributed by atoms with Crippen LogP contribution in [0.5, 0.6) is 0 Å². The monoisotopic (exact) mass is 444 g/mol. The van der Waals surface area contributed by atoms with E-state index in [2.05, 4.69) is 39.9 Å². The van der Waals surface area contributed by atoms with E-state index in [1.807, 2.05) is 10.9 Å². The predicted octanol–water partition coefficient (Wildman–Crippen LogP) is 3.61. The first-order valence-corrected chi connectivity index (χ1v) is 11.1. The van der Waals surface area contributed by atoms with Crippen LogP contribution in [0, 0.1) is 11.3 Å². The first-order chi connectivity index (χ1) is 14.8. The number of fused-ring (bicyclic) bond motifs is 1. The van der Waals surface area contributed by atoms with E-state index in [1.54, 1.807) is 19.3 Å². The van der Waals surface area contributed by atoms with Gasteiger partial charge in [-0.15, -0.1) is 0 Å². The number of pyridine rings is 1. The summed E-state index contributed by atoms with van der Waals surface area (Å²) in [5.74, 6) is 0.554. The second kappa shape index (κ2) is 8.49. The van der Waals surface area contributed by atoms with Crippen LogP contribution in [0.1, 0.15) is 45.2 Å². The van der Waals surface area contributed by atoms with Crippen LogP contribution >= 0.6 is 11.6 Å². The summed E-state index contributed by atoms with van der Waals surface area (Å²) in [7, 11) is 1.66. The molecule has 2 aromatic heterocycles. The fourth-order valence-electron chi connectivity index (χ4n) is 4.63. The van der Waals surface area contributed by atoms with Crippen molar-refractivity contribution < 1.29 is 9.59 Å². The van der Waals surface area contributed by atoms with Gasteiger partial charge in [0.1, 0.15) is 5.82 Å². The standard InChI is InChI=1S/C22H29ClN6O2/c1-22(2)9-18-16(10-26-29(18)12-22)15-8-19(25-11-17(15)23)28-21(31)27-14-6-4-13(5-7-14)20(30)24-3/h8,10-11,13-14H,4-7,9,12H2,1-3H3,(H,24,30)(H2,25,27,28,31). The number of hydrogen-bond donors (Lipinski definition) is 3. The summed E-state index contributed by atoms with van der Waals surface area (Å²) in [5.41, 5.74) is 3.11. The maximum atomic E-state index is 12.5. The van der Waals surface area contributed by atoms with E-state index in [1.165, 1.54) is 0 Å². The molecule has 0 saturated heterocycles. The number of carbonyl (C=O) groups is 2. The lowest BCUT2D eigenvalue weighted by molar-refractivity contribution is -0.125. The smallest absolute Gasteiger partial charge is 0.320 e. The van der Waals surface area contributed by atoms with Crippen LogP contribution in [-0.4, -0.2) is 39.8 Å². The van der Waals surface area contributed by atoms with Crippen molar-refractivity contribution >= 4 is 29.4 Å². The molecule has 3 N–H and O–H groups in total. The molecule has 0 radical (unpaired) electrons. The zero-order valence-electron chi connectivity index (χ0n) is 18.2. The highest BCUT2D eigenvalue weighted by Gasteiger charge is 2.32. The Morgan fingerprint density at radius 1 is 1.16 bits per heavy atom. The van der Waals surface area contributed by atoms with Crippen molar-refractivity contribution in [1.82, 2.24) is 25.4 Å². The van der Waals surface area contributed by atoms with Gasteiger partial charge >= 0.3 is 6.03 Å². The minimum absolute atomic E-state index is 0.0364. The number of aromatic nitrogens is 3. The minimum Gasteiger partial charge on any atom is -0.359 e. The molecule has 0 atom stereocenters. The zero-order valence-corrected chi connectivity index (χ0v) is 18.9. The highest BCUT2D eigenvalue weighted by atomic mass is 35.5. The van der Waals surface area contributed by atoms with Crippen LogP contribution in [0.25, 0.3) is 11.1 Å². The number of halogens is 1. The van der Waals surface area contributed by atoms with E-state index in [0.29, 0.717) is 10.8 Å². The third-order valence-corrected chi connectivity index (χ3v) is 6.54. The number of nitrogens with one attached hydrogen (secondary N) is 3. The Bertz CT molecular complexity index is 994. The molecule has 3 amide bonds. The Balaban J connectivity index is 1.41. The average molecular weight is 445 g/mol. The topological polar surface area (TPSA) is 101 Å². The molecule has 1 aliphatic heterocycles. The summed E-state index contributed by atoms with van der Waals surface area (Å²) in [5, 5.41) is 13.6. The van der Waals surface area contributed by atoms with Gasteiger partial charge in [-0.1, -0.05) is 25.4 Å². The molecular weight excluding hydrogens is 416 g/mol. The van der Waals surface area contributed by atoms with E-state index in [-0.39, 0.29) is 29.3 Å². The maximum absolute atomic E-state index is 12.5. The normalized spacial score (nSPS) is 21.9. The molecule has 2 aromatic rings. The number of hydrogen-bond acceptors (Lipinski definition) is 4. The molecule has 4 rings (SSSR count). The van der Waals surface area contributed by atoms with Crippen molar-refractivity contribution in [3.63, 3.8) is 0 Å². The number of rotatable bonds is 4. The molecule has 8 nitrogen and oxygen atoms in total. The van der Waals surface area contributed by atoms with Crippen molar-refractivity contribution in [2.24, 2.45) is 11.3 Å². The quantitative estimate of drug-likeness (QED) is 0.670. The van der Waals surface area contributed by atoms with E-state index >= 15 is 0 Å². The molecule has 1 fully saturated rings. The van der Waals surface area contributed by atoms with E-state index in [9.17, 15) is 9.59 Å². The van der Waals surface area contributed by atoms with Crippen LogP contribution < -0.4 is 16.0 Å². The molecule has 0 bridgehead atoms. The molecule has 0 aromatic carbocycles. The molecule has 2 aliphatic rings. The summed E-state index contributed by atoms with van der Waals surface area (Å²) in [6, 6.07) is 1.55. The van der Waals surface area contributed by atoms with Gasteiger partial charge in [-0.05, 0) is 43.6 Å². The lowest BCUT2D eigenvalue weighted by atomic mass is 9.85. The van der Waals surface area contributed by atoms with E-state index in [0.717, 1.165) is 55.5 Å². The number of urea groups is 1. The number of anilines is 1. The van der Waals surface area contributed by atoms with Crippen molar-refractivity contribution in [3.8, 4) is 11.1 Å². The van der Waals surface area contributed by atoms with Gasteiger partial charge in [0.05, 0.1) is 11.2 Å². The maximum Gasteiger partial charge on any atom is 0.320 e. The molecular formula is C22H29ClN6O2. The Kier molecular flexibility index (Phi) is 5.92. The fraction of sp³-hybridized carbons (Fsp3) is 0.545. The third kappa shape index (κ3) is 4.69. The predicted molar refractivity (Wildman–Crippen MR) is 120 cm³/mol. The van der Waals surface area contributed by atoms with Crippen molar-refractivity contribution in [3.05, 3.63) is 29.2 Å². The summed E-state index contributed by atoms with van der Waals surface area (Å²) in [6.07, 6.45) is 7.43. The summed E-state index contributed by atoms with van der Waals surface area (Å²) >= 11 is 6.44. The minimum atomic E-state index is -0.300. The first-order valence-electron chi connectivity index (χ1n) is 10.8. The Labute approximate surface area is 187 Å². The Hall–Kier alpha value is -2.61. The third-order valence-electron chi connectivity index (χ3n) is 6.24. The molecule has 3 heterocycles. The van der Waals surface area contributed by atoms with Gasteiger partial charge in [-0.3, -0.25) is 14.8 Å². The summed E-state index contributed by atoms with van der Waals surface area (Å²) in [6.45, 7) is 5.32. The van der Waals surface area contributed by atoms with Crippen LogP contribution in [0.3, 0.4) is 0 Å². The van der Waals surface area contributed by atoms with Crippen molar-refractivity contribution in [2.45, 2.75) is 58.5 Å². The van der Waals surface area contributed by atoms with Gasteiger partial charge in [0.25, 0.3) is 0 Å². The van der Waals surface area contributed by atoms with Crippen LogP contribution in [-0.2, 0) is 17.8 Å². The lowest BCUT2D eigenvalue weighted by Crippen LogP contribution is -2.42. The van der Waals surface area contributed by atoms with Gasteiger partial charge in [0.15, 0.2) is 0 Å². The summed E-state index contributed by atoms with van der Waals surface area (Å²) in [4.78, 5) is 28.5. The van der Waals surface area contributed by atoms with Crippen molar-refractivity contribution in [1.29, 1.82) is 0 Å². The first kappa shape index (κ1) is 21.6. The van der Waals surface area contributed by atoms with E-state index in [4.69, 9.17) is 11.6 Å². The largest absolute Gasteiger partial charge is 0.359 e. The molecule has 166 valence electrons. The molecule has 0 spiro atoms. The number of amides is 3.